The molecule has 1 aliphatic rings. The van der Waals surface area contributed by atoms with Gasteiger partial charge in [-0.1, -0.05) is 36.6 Å². The van der Waals surface area contributed by atoms with Crippen molar-refractivity contribution in [1.29, 1.82) is 0 Å². The largest absolute Gasteiger partial charge is 0.376 e. The first-order valence-electron chi connectivity index (χ1n) is 6.71. The number of hydrogen-bond acceptors (Lipinski definition) is 3. The fourth-order valence-electron chi connectivity index (χ4n) is 3.18. The van der Waals surface area contributed by atoms with E-state index in [-0.39, 0.29) is 11.6 Å². The molecule has 1 atom stereocenters. The summed E-state index contributed by atoms with van der Waals surface area (Å²) in [5, 5.41) is 0. The molecule has 0 heterocycles. The zero-order valence-corrected chi connectivity index (χ0v) is 11.6. The third-order valence-electron chi connectivity index (χ3n) is 4.29. The molecule has 1 aromatic carbocycles. The van der Waals surface area contributed by atoms with Crippen LogP contribution in [-0.4, -0.2) is 12.7 Å². The third kappa shape index (κ3) is 2.30. The van der Waals surface area contributed by atoms with Gasteiger partial charge in [0.1, 0.15) is 0 Å². The molecule has 3 N–H and O–H groups in total. The molecule has 100 valence electrons. The molecule has 3 nitrogen and oxygen atoms in total. The molecule has 18 heavy (non-hydrogen) atoms. The van der Waals surface area contributed by atoms with Gasteiger partial charge >= 0.3 is 0 Å². The minimum atomic E-state index is -0.146. The van der Waals surface area contributed by atoms with Crippen molar-refractivity contribution >= 4 is 0 Å². The van der Waals surface area contributed by atoms with Gasteiger partial charge in [-0.2, -0.15) is 0 Å². The standard InChI is InChI=1S/C15H24N2O/c1-11-6-7-12(2)13(10-11)14(17-16)15(18-3)8-4-5-9-15/h6-7,10,14,17H,4-5,8-9,16H2,1-3H3. The highest BCUT2D eigenvalue weighted by Crippen LogP contribution is 2.43. The van der Waals surface area contributed by atoms with E-state index in [1.807, 2.05) is 0 Å². The molecular formula is C15H24N2O. The first-order valence-corrected chi connectivity index (χ1v) is 6.71. The van der Waals surface area contributed by atoms with Crippen LogP contribution in [0.1, 0.15) is 48.4 Å². The molecule has 0 aliphatic heterocycles. The van der Waals surface area contributed by atoms with E-state index in [0.29, 0.717) is 0 Å². The van der Waals surface area contributed by atoms with Crippen molar-refractivity contribution in [3.8, 4) is 0 Å². The number of benzene rings is 1. The van der Waals surface area contributed by atoms with Gasteiger partial charge in [-0.25, -0.2) is 0 Å². The SMILES string of the molecule is COC1(C(NN)c2cc(C)ccc2C)CCCC1. The fraction of sp³-hybridized carbons (Fsp3) is 0.600. The Morgan fingerprint density at radius 3 is 2.50 bits per heavy atom. The average molecular weight is 248 g/mol. The van der Waals surface area contributed by atoms with E-state index in [0.717, 1.165) is 12.8 Å². The van der Waals surface area contributed by atoms with E-state index in [1.165, 1.54) is 29.5 Å². The minimum Gasteiger partial charge on any atom is -0.376 e. The molecule has 0 amide bonds. The van der Waals surface area contributed by atoms with Crippen LogP contribution >= 0.6 is 0 Å². The van der Waals surface area contributed by atoms with Crippen molar-refractivity contribution in [3.63, 3.8) is 0 Å². The predicted molar refractivity (Wildman–Crippen MR) is 74.2 cm³/mol. The summed E-state index contributed by atoms with van der Waals surface area (Å²) in [5.74, 6) is 5.83. The Hall–Kier alpha value is -0.900. The number of methoxy groups -OCH3 is 1. The summed E-state index contributed by atoms with van der Waals surface area (Å²) in [6, 6.07) is 6.59. The Kier molecular flexibility index (Phi) is 4.05. The molecule has 0 aromatic heterocycles. The van der Waals surface area contributed by atoms with E-state index in [1.54, 1.807) is 7.11 Å². The molecule has 0 bridgehead atoms. The van der Waals surface area contributed by atoms with Gasteiger partial charge in [-0.3, -0.25) is 11.3 Å². The van der Waals surface area contributed by atoms with Crippen LogP contribution in [0.25, 0.3) is 0 Å². The lowest BCUT2D eigenvalue weighted by atomic mass is 9.84. The highest BCUT2D eigenvalue weighted by atomic mass is 16.5. The molecule has 0 saturated heterocycles. The zero-order valence-electron chi connectivity index (χ0n) is 11.6. The number of hydrogen-bond donors (Lipinski definition) is 2. The monoisotopic (exact) mass is 248 g/mol. The maximum absolute atomic E-state index is 5.86. The van der Waals surface area contributed by atoms with Crippen molar-refractivity contribution in [3.05, 3.63) is 34.9 Å². The zero-order chi connectivity index (χ0) is 13.2. The van der Waals surface area contributed by atoms with Crippen LogP contribution in [0, 0.1) is 13.8 Å². The number of aryl methyl sites for hydroxylation is 2. The molecule has 1 fully saturated rings. The van der Waals surface area contributed by atoms with E-state index < -0.39 is 0 Å². The lowest BCUT2D eigenvalue weighted by Gasteiger charge is -2.37. The van der Waals surface area contributed by atoms with Crippen LogP contribution in [0.5, 0.6) is 0 Å². The van der Waals surface area contributed by atoms with Crippen molar-refractivity contribution < 1.29 is 4.74 Å². The summed E-state index contributed by atoms with van der Waals surface area (Å²) in [6.07, 6.45) is 4.59. The molecule has 0 spiro atoms. The summed E-state index contributed by atoms with van der Waals surface area (Å²) < 4.78 is 5.86. The van der Waals surface area contributed by atoms with Crippen LogP contribution < -0.4 is 11.3 Å². The highest BCUT2D eigenvalue weighted by Gasteiger charge is 2.42. The normalized spacial score (nSPS) is 20.0. The van der Waals surface area contributed by atoms with Gasteiger partial charge < -0.3 is 4.74 Å². The fourth-order valence-corrected chi connectivity index (χ4v) is 3.18. The number of nitrogens with two attached hydrogens (primary N) is 1. The van der Waals surface area contributed by atoms with Crippen LogP contribution in [0.4, 0.5) is 0 Å². The first kappa shape index (κ1) is 13.5. The number of rotatable bonds is 4. The van der Waals surface area contributed by atoms with Gasteiger partial charge in [0.05, 0.1) is 11.6 Å². The Bertz CT molecular complexity index is 411. The molecule has 1 aliphatic carbocycles. The van der Waals surface area contributed by atoms with Crippen molar-refractivity contribution in [2.24, 2.45) is 5.84 Å². The molecule has 1 saturated carbocycles. The summed E-state index contributed by atoms with van der Waals surface area (Å²) in [5.41, 5.74) is 6.65. The van der Waals surface area contributed by atoms with E-state index >= 15 is 0 Å². The topological polar surface area (TPSA) is 47.3 Å². The van der Waals surface area contributed by atoms with Gasteiger partial charge in [0.25, 0.3) is 0 Å². The van der Waals surface area contributed by atoms with Gasteiger partial charge in [-0.05, 0) is 37.8 Å². The van der Waals surface area contributed by atoms with Gasteiger partial charge in [0.2, 0.25) is 0 Å². The predicted octanol–water partition coefficient (Wildman–Crippen LogP) is 2.77. The van der Waals surface area contributed by atoms with E-state index in [9.17, 15) is 0 Å². The lowest BCUT2D eigenvalue weighted by molar-refractivity contribution is -0.0370. The quantitative estimate of drug-likeness (QED) is 0.636. The first-order chi connectivity index (χ1) is 8.63. The third-order valence-corrected chi connectivity index (χ3v) is 4.29. The number of hydrazine groups is 1. The summed E-state index contributed by atoms with van der Waals surface area (Å²) in [4.78, 5) is 0. The molecule has 0 radical (unpaired) electrons. The Morgan fingerprint density at radius 2 is 1.94 bits per heavy atom. The molecule has 2 rings (SSSR count). The highest BCUT2D eigenvalue weighted by molar-refractivity contribution is 5.35. The van der Waals surface area contributed by atoms with Gasteiger partial charge in [0.15, 0.2) is 0 Å². The average Bonchev–Trinajstić information content (AvgIpc) is 2.84. The second kappa shape index (κ2) is 5.39. The maximum Gasteiger partial charge on any atom is 0.0885 e. The van der Waals surface area contributed by atoms with Crippen LogP contribution in [0.3, 0.4) is 0 Å². The van der Waals surface area contributed by atoms with Gasteiger partial charge in [0, 0.05) is 7.11 Å². The lowest BCUT2D eigenvalue weighted by Crippen LogP contribution is -2.46. The van der Waals surface area contributed by atoms with Crippen molar-refractivity contribution in [2.75, 3.05) is 7.11 Å². The minimum absolute atomic E-state index is 0.0740. The van der Waals surface area contributed by atoms with E-state index in [2.05, 4.69) is 37.5 Å². The Labute approximate surface area is 110 Å². The van der Waals surface area contributed by atoms with Crippen LogP contribution in [-0.2, 0) is 4.74 Å². The second-order valence-corrected chi connectivity index (χ2v) is 5.44. The van der Waals surface area contributed by atoms with E-state index in [4.69, 9.17) is 10.6 Å². The smallest absolute Gasteiger partial charge is 0.0885 e. The molecule has 3 heteroatoms. The summed E-state index contributed by atoms with van der Waals surface area (Å²) in [6.45, 7) is 4.25. The second-order valence-electron chi connectivity index (χ2n) is 5.44. The Balaban J connectivity index is 2.40. The molecule has 1 unspecified atom stereocenters. The van der Waals surface area contributed by atoms with Crippen molar-refractivity contribution in [1.82, 2.24) is 5.43 Å². The molecule has 1 aromatic rings. The number of ether oxygens (including phenoxy) is 1. The van der Waals surface area contributed by atoms with Gasteiger partial charge in [-0.15, -0.1) is 0 Å². The molecular weight excluding hydrogens is 224 g/mol. The van der Waals surface area contributed by atoms with Crippen LogP contribution in [0.2, 0.25) is 0 Å². The summed E-state index contributed by atoms with van der Waals surface area (Å²) >= 11 is 0. The van der Waals surface area contributed by atoms with Crippen LogP contribution in [0.15, 0.2) is 18.2 Å². The summed E-state index contributed by atoms with van der Waals surface area (Å²) in [7, 11) is 1.81. The number of nitrogens with one attached hydrogen (secondary N) is 1. The Morgan fingerprint density at radius 1 is 1.28 bits per heavy atom. The maximum atomic E-state index is 5.86. The van der Waals surface area contributed by atoms with Crippen molar-refractivity contribution in [2.45, 2.75) is 51.2 Å².